The van der Waals surface area contributed by atoms with E-state index in [-0.39, 0.29) is 29.4 Å². The SMILES string of the molecule is Cc1ccc(NS(=O)(=O)Cc2cc(C(F)(F)F)ccn2)cc1-c1cc2cnc(=Nc3ccn(C)n3)nc-2n2c1NCC2.Cl. The molecular formula is C27H25ClF3N9O2S. The van der Waals surface area contributed by atoms with Crippen LogP contribution in [0.1, 0.15) is 16.8 Å². The highest BCUT2D eigenvalue weighted by molar-refractivity contribution is 7.91. The lowest BCUT2D eigenvalue weighted by atomic mass is 9.98. The zero-order valence-electron chi connectivity index (χ0n) is 22.8. The van der Waals surface area contributed by atoms with Crippen molar-refractivity contribution >= 4 is 39.8 Å². The molecule has 6 rings (SSSR count). The van der Waals surface area contributed by atoms with Gasteiger partial charge in [0.05, 0.1) is 11.3 Å². The lowest BCUT2D eigenvalue weighted by Gasteiger charge is -2.19. The fraction of sp³-hybridized carbons (Fsp3) is 0.222. The molecule has 0 bridgehead atoms. The van der Waals surface area contributed by atoms with E-state index >= 15 is 0 Å². The first-order valence-electron chi connectivity index (χ1n) is 12.8. The molecule has 1 aromatic carbocycles. The summed E-state index contributed by atoms with van der Waals surface area (Å²) in [5.41, 5.74) is 2.59. The van der Waals surface area contributed by atoms with Gasteiger partial charge in [-0.2, -0.15) is 28.2 Å². The van der Waals surface area contributed by atoms with E-state index in [1.807, 2.05) is 17.6 Å². The van der Waals surface area contributed by atoms with Crippen molar-refractivity contribution in [2.45, 2.75) is 25.4 Å². The van der Waals surface area contributed by atoms with Gasteiger partial charge in [-0.3, -0.25) is 14.4 Å². The van der Waals surface area contributed by atoms with Gasteiger partial charge in [-0.15, -0.1) is 12.4 Å². The second kappa shape index (κ2) is 11.3. The number of aryl methyl sites for hydroxylation is 2. The Morgan fingerprint density at radius 1 is 1.09 bits per heavy atom. The van der Waals surface area contributed by atoms with E-state index in [1.54, 1.807) is 48.4 Å². The van der Waals surface area contributed by atoms with Gasteiger partial charge in [-0.05, 0) is 48.4 Å². The van der Waals surface area contributed by atoms with Crippen LogP contribution in [0, 0.1) is 6.92 Å². The number of aromatic nitrogens is 6. The number of hydrogen-bond acceptors (Lipinski definition) is 8. The molecule has 3 aromatic rings. The summed E-state index contributed by atoms with van der Waals surface area (Å²) in [6.45, 7) is 3.22. The van der Waals surface area contributed by atoms with Crippen molar-refractivity contribution in [2.24, 2.45) is 12.0 Å². The zero-order valence-corrected chi connectivity index (χ0v) is 24.4. The van der Waals surface area contributed by atoms with Crippen LogP contribution >= 0.6 is 12.4 Å². The first-order chi connectivity index (χ1) is 19.9. The van der Waals surface area contributed by atoms with Crippen LogP contribution in [0.15, 0.2) is 66.0 Å². The van der Waals surface area contributed by atoms with E-state index in [2.05, 4.69) is 35.1 Å². The number of benzene rings is 1. The van der Waals surface area contributed by atoms with Gasteiger partial charge in [0.15, 0.2) is 5.82 Å². The number of fused-ring (bicyclic) bond motifs is 3. The van der Waals surface area contributed by atoms with E-state index in [9.17, 15) is 21.6 Å². The molecule has 0 radical (unpaired) electrons. The zero-order chi connectivity index (χ0) is 29.6. The maximum Gasteiger partial charge on any atom is 0.416 e. The minimum Gasteiger partial charge on any atom is -0.369 e. The van der Waals surface area contributed by atoms with Crippen LogP contribution in [0.25, 0.3) is 22.5 Å². The number of pyridine rings is 2. The van der Waals surface area contributed by atoms with E-state index in [0.29, 0.717) is 24.7 Å². The maximum atomic E-state index is 13.1. The summed E-state index contributed by atoms with van der Waals surface area (Å²) in [6.07, 6.45) is -0.195. The predicted molar refractivity (Wildman–Crippen MR) is 156 cm³/mol. The Labute approximate surface area is 250 Å². The third-order valence-corrected chi connectivity index (χ3v) is 7.91. The summed E-state index contributed by atoms with van der Waals surface area (Å²) >= 11 is 0. The molecule has 3 aliphatic heterocycles. The molecule has 3 aliphatic rings. The number of nitrogens with zero attached hydrogens (tertiary/aromatic N) is 7. The topological polar surface area (TPSA) is 132 Å². The molecular weight excluding hydrogens is 607 g/mol. The Balaban J connectivity index is 0.00000368. The Kier molecular flexibility index (Phi) is 7.88. The van der Waals surface area contributed by atoms with Gasteiger partial charge in [0.1, 0.15) is 17.4 Å². The van der Waals surface area contributed by atoms with Crippen LogP contribution in [-0.2, 0) is 35.5 Å². The summed E-state index contributed by atoms with van der Waals surface area (Å²) in [6, 6.07) is 10.3. The maximum absolute atomic E-state index is 13.1. The first kappa shape index (κ1) is 30.0. The first-order valence-corrected chi connectivity index (χ1v) is 14.4. The third-order valence-electron chi connectivity index (χ3n) is 6.69. The van der Waals surface area contributed by atoms with Crippen LogP contribution in [0.5, 0.6) is 0 Å². The summed E-state index contributed by atoms with van der Waals surface area (Å²) < 4.78 is 71.2. The van der Waals surface area contributed by atoms with Gasteiger partial charge in [0.25, 0.3) is 5.62 Å². The second-order valence-corrected chi connectivity index (χ2v) is 11.5. The fourth-order valence-corrected chi connectivity index (χ4v) is 5.91. The molecule has 0 saturated heterocycles. The molecule has 2 N–H and O–H groups in total. The Hall–Kier alpha value is -4.50. The largest absolute Gasteiger partial charge is 0.416 e. The summed E-state index contributed by atoms with van der Waals surface area (Å²) in [5.74, 6) is 1.27. The molecule has 43 heavy (non-hydrogen) atoms. The van der Waals surface area contributed by atoms with Gasteiger partial charge in [-0.25, -0.2) is 13.4 Å². The van der Waals surface area contributed by atoms with Gasteiger partial charge < -0.3 is 9.88 Å². The van der Waals surface area contributed by atoms with E-state index < -0.39 is 27.5 Å². The van der Waals surface area contributed by atoms with Crippen molar-refractivity contribution in [3.8, 4) is 22.5 Å². The quantitative estimate of drug-likeness (QED) is 0.281. The minimum absolute atomic E-state index is 0. The van der Waals surface area contributed by atoms with Crippen molar-refractivity contribution in [1.82, 2.24) is 29.3 Å². The van der Waals surface area contributed by atoms with Crippen molar-refractivity contribution in [3.05, 3.63) is 83.5 Å². The number of nitrogens with one attached hydrogen (secondary N) is 2. The highest BCUT2D eigenvalue weighted by Crippen LogP contribution is 2.39. The number of hydrogen-bond donors (Lipinski definition) is 2. The van der Waals surface area contributed by atoms with Crippen LogP contribution in [0.4, 0.5) is 30.5 Å². The molecule has 0 atom stereocenters. The molecule has 11 nitrogen and oxygen atoms in total. The monoisotopic (exact) mass is 631 g/mol. The minimum atomic E-state index is -4.60. The molecule has 224 valence electrons. The van der Waals surface area contributed by atoms with E-state index in [1.165, 1.54) is 0 Å². The highest BCUT2D eigenvalue weighted by atomic mass is 35.5. The average Bonchev–Trinajstić information content (AvgIpc) is 3.58. The Bertz CT molecular complexity index is 1970. The molecule has 0 fully saturated rings. The van der Waals surface area contributed by atoms with Crippen molar-refractivity contribution in [1.29, 1.82) is 0 Å². The molecule has 0 amide bonds. The van der Waals surface area contributed by atoms with E-state index in [0.717, 1.165) is 46.4 Å². The van der Waals surface area contributed by atoms with Gasteiger partial charge in [0.2, 0.25) is 10.0 Å². The standard InChI is InChI=1S/C27H24F3N9O2S.ClH/c1-16-3-4-19(37-42(40,41)15-20-12-18(5-7-31-20)27(28,29)30)13-21(16)22-11-17-14-33-26(34-23-6-9-38(2)36-23)35-24(17)39-10-8-32-25(22)39;/h3-7,9,11-14,32,37H,8,10,15H2,1-2H3;1H. The van der Waals surface area contributed by atoms with Gasteiger partial charge >= 0.3 is 6.18 Å². The number of alkyl halides is 3. The lowest BCUT2D eigenvalue weighted by molar-refractivity contribution is -0.137. The van der Waals surface area contributed by atoms with Crippen molar-refractivity contribution in [3.63, 3.8) is 0 Å². The van der Waals surface area contributed by atoms with Crippen LogP contribution in [0.2, 0.25) is 0 Å². The molecule has 0 spiro atoms. The second-order valence-electron chi connectivity index (χ2n) is 9.82. The fourth-order valence-electron chi connectivity index (χ4n) is 4.80. The summed E-state index contributed by atoms with van der Waals surface area (Å²) in [4.78, 5) is 17.3. The van der Waals surface area contributed by atoms with Gasteiger partial charge in [-0.1, -0.05) is 6.07 Å². The Morgan fingerprint density at radius 2 is 1.91 bits per heavy atom. The number of rotatable bonds is 6. The molecule has 0 unspecified atom stereocenters. The molecule has 16 heteroatoms. The summed E-state index contributed by atoms with van der Waals surface area (Å²) in [5, 5.41) is 7.64. The number of sulfonamides is 1. The average molecular weight is 632 g/mol. The van der Waals surface area contributed by atoms with Crippen molar-refractivity contribution < 1.29 is 21.6 Å². The normalized spacial score (nSPS) is 13.5. The van der Waals surface area contributed by atoms with E-state index in [4.69, 9.17) is 0 Å². The molecule has 2 aromatic heterocycles. The van der Waals surface area contributed by atoms with Crippen molar-refractivity contribution in [2.75, 3.05) is 16.6 Å². The van der Waals surface area contributed by atoms with Crippen LogP contribution in [-0.4, -0.2) is 44.3 Å². The predicted octanol–water partition coefficient (Wildman–Crippen LogP) is 4.53. The smallest absolute Gasteiger partial charge is 0.369 e. The lowest BCUT2D eigenvalue weighted by Crippen LogP contribution is -2.18. The molecule has 5 heterocycles. The summed E-state index contributed by atoms with van der Waals surface area (Å²) in [7, 11) is -2.28. The van der Waals surface area contributed by atoms with Crippen LogP contribution < -0.4 is 15.7 Å². The molecule has 0 saturated carbocycles. The third kappa shape index (κ3) is 6.32. The Morgan fingerprint density at radius 3 is 2.65 bits per heavy atom. The number of anilines is 2. The van der Waals surface area contributed by atoms with Gasteiger partial charge in [0, 0.05) is 61.6 Å². The number of halogens is 4. The highest BCUT2D eigenvalue weighted by Gasteiger charge is 2.31. The van der Waals surface area contributed by atoms with Crippen LogP contribution in [0.3, 0.4) is 0 Å². The molecule has 0 aliphatic carbocycles.